The van der Waals surface area contributed by atoms with Crippen molar-refractivity contribution in [3.63, 3.8) is 0 Å². The number of hydrogen-bond acceptors (Lipinski definition) is 3. The molecule has 2 fully saturated rings. The Balaban J connectivity index is 0.00000225. The summed E-state index contributed by atoms with van der Waals surface area (Å²) in [5.41, 5.74) is 2.18. The van der Waals surface area contributed by atoms with Crippen LogP contribution in [0, 0.1) is 5.82 Å². The van der Waals surface area contributed by atoms with Crippen LogP contribution in [0.25, 0.3) is 0 Å². The SMILES string of the molecule is Cl.O=CN1CCN(c2ccc(F)cc2)CC1[C@@]1(Cc2ccccc2)CCCN1. The molecule has 0 aliphatic carbocycles. The van der Waals surface area contributed by atoms with Gasteiger partial charge in [-0.1, -0.05) is 30.3 Å². The molecule has 2 heterocycles. The highest BCUT2D eigenvalue weighted by Gasteiger charge is 2.46. The smallest absolute Gasteiger partial charge is 0.210 e. The first-order valence-electron chi connectivity index (χ1n) is 9.71. The van der Waals surface area contributed by atoms with Crippen molar-refractivity contribution in [3.8, 4) is 0 Å². The van der Waals surface area contributed by atoms with E-state index < -0.39 is 0 Å². The minimum Gasteiger partial charge on any atom is -0.368 e. The molecule has 0 aromatic heterocycles. The molecule has 1 amide bonds. The highest BCUT2D eigenvalue weighted by atomic mass is 35.5. The maximum absolute atomic E-state index is 13.3. The molecule has 0 bridgehead atoms. The van der Waals surface area contributed by atoms with Crippen molar-refractivity contribution in [2.75, 3.05) is 31.1 Å². The highest BCUT2D eigenvalue weighted by molar-refractivity contribution is 5.85. The van der Waals surface area contributed by atoms with Crippen LogP contribution >= 0.6 is 12.4 Å². The van der Waals surface area contributed by atoms with Gasteiger partial charge in [-0.15, -0.1) is 12.4 Å². The van der Waals surface area contributed by atoms with Gasteiger partial charge in [0.25, 0.3) is 0 Å². The molecule has 1 unspecified atom stereocenters. The van der Waals surface area contributed by atoms with Crippen molar-refractivity contribution in [1.29, 1.82) is 0 Å². The van der Waals surface area contributed by atoms with Crippen LogP contribution in [0.4, 0.5) is 10.1 Å². The van der Waals surface area contributed by atoms with Crippen molar-refractivity contribution in [3.05, 3.63) is 66.0 Å². The summed E-state index contributed by atoms with van der Waals surface area (Å²) >= 11 is 0. The average Bonchev–Trinajstić information content (AvgIpc) is 3.18. The molecule has 4 nitrogen and oxygen atoms in total. The van der Waals surface area contributed by atoms with Crippen LogP contribution in [0.15, 0.2) is 54.6 Å². The summed E-state index contributed by atoms with van der Waals surface area (Å²) in [7, 11) is 0. The Labute approximate surface area is 172 Å². The summed E-state index contributed by atoms with van der Waals surface area (Å²) in [5.74, 6) is -0.222. The van der Waals surface area contributed by atoms with Crippen LogP contribution < -0.4 is 10.2 Å². The lowest BCUT2D eigenvalue weighted by atomic mass is 9.80. The van der Waals surface area contributed by atoms with Crippen LogP contribution in [-0.4, -0.2) is 49.1 Å². The second-order valence-corrected chi connectivity index (χ2v) is 7.63. The molecule has 0 saturated carbocycles. The molecule has 2 aromatic carbocycles. The third-order valence-electron chi connectivity index (χ3n) is 6.03. The molecule has 2 aliphatic rings. The summed E-state index contributed by atoms with van der Waals surface area (Å²) in [4.78, 5) is 16.1. The summed E-state index contributed by atoms with van der Waals surface area (Å²) in [6.45, 7) is 3.18. The topological polar surface area (TPSA) is 35.6 Å². The molecule has 0 radical (unpaired) electrons. The minimum absolute atomic E-state index is 0. The Bertz CT molecular complexity index is 765. The van der Waals surface area contributed by atoms with Gasteiger partial charge < -0.3 is 15.1 Å². The summed E-state index contributed by atoms with van der Waals surface area (Å²) in [5, 5.41) is 3.75. The first-order chi connectivity index (χ1) is 13.2. The predicted molar refractivity (Wildman–Crippen MR) is 113 cm³/mol. The number of nitrogens with one attached hydrogen (secondary N) is 1. The fourth-order valence-corrected chi connectivity index (χ4v) is 4.64. The lowest BCUT2D eigenvalue weighted by Crippen LogP contribution is -2.66. The number of hydrogen-bond donors (Lipinski definition) is 1. The Kier molecular flexibility index (Phi) is 6.57. The lowest BCUT2D eigenvalue weighted by Gasteiger charge is -2.49. The van der Waals surface area contributed by atoms with E-state index >= 15 is 0 Å². The van der Waals surface area contributed by atoms with Crippen LogP contribution in [0.1, 0.15) is 18.4 Å². The summed E-state index contributed by atoms with van der Waals surface area (Å²) < 4.78 is 13.3. The van der Waals surface area contributed by atoms with Gasteiger partial charge in [0, 0.05) is 30.9 Å². The maximum Gasteiger partial charge on any atom is 0.210 e. The molecule has 150 valence electrons. The normalized spacial score (nSPS) is 24.7. The van der Waals surface area contributed by atoms with Crippen LogP contribution in [0.5, 0.6) is 0 Å². The number of amides is 1. The van der Waals surface area contributed by atoms with E-state index in [1.54, 1.807) is 0 Å². The zero-order valence-electron chi connectivity index (χ0n) is 15.9. The van der Waals surface area contributed by atoms with Gasteiger partial charge in [0.15, 0.2) is 0 Å². The Morgan fingerprint density at radius 1 is 1.11 bits per heavy atom. The van der Waals surface area contributed by atoms with Crippen LogP contribution in [-0.2, 0) is 11.2 Å². The van der Waals surface area contributed by atoms with E-state index in [9.17, 15) is 9.18 Å². The Hall–Kier alpha value is -2.11. The van der Waals surface area contributed by atoms with E-state index in [-0.39, 0.29) is 29.8 Å². The predicted octanol–water partition coefficient (Wildman–Crippen LogP) is 3.26. The van der Waals surface area contributed by atoms with Crippen molar-refractivity contribution < 1.29 is 9.18 Å². The van der Waals surface area contributed by atoms with E-state index in [2.05, 4.69) is 34.5 Å². The molecule has 2 aromatic rings. The van der Waals surface area contributed by atoms with E-state index in [0.717, 1.165) is 51.0 Å². The molecule has 2 atom stereocenters. The quantitative estimate of drug-likeness (QED) is 0.778. The number of piperazine rings is 1. The van der Waals surface area contributed by atoms with Gasteiger partial charge in [0.1, 0.15) is 5.82 Å². The highest BCUT2D eigenvalue weighted by Crippen LogP contribution is 2.33. The van der Waals surface area contributed by atoms with Crippen LogP contribution in [0.3, 0.4) is 0 Å². The number of carbonyl (C=O) groups excluding carboxylic acids is 1. The average molecular weight is 404 g/mol. The van der Waals surface area contributed by atoms with E-state index in [1.165, 1.54) is 17.7 Å². The fraction of sp³-hybridized carbons (Fsp3) is 0.409. The zero-order valence-corrected chi connectivity index (χ0v) is 16.7. The standard InChI is InChI=1S/C22H26FN3O.ClH/c23-19-7-9-20(10-8-19)25-13-14-26(17-27)21(16-25)22(11-4-12-24-22)15-18-5-2-1-3-6-18;/h1-3,5-10,17,21,24H,4,11-16H2;1H/t21?,22-;/m0./s1. The fourth-order valence-electron chi connectivity index (χ4n) is 4.64. The van der Waals surface area contributed by atoms with Gasteiger partial charge in [0.05, 0.1) is 6.04 Å². The number of benzene rings is 2. The zero-order chi connectivity index (χ0) is 18.7. The van der Waals surface area contributed by atoms with Crippen molar-refractivity contribution in [2.24, 2.45) is 0 Å². The molecule has 28 heavy (non-hydrogen) atoms. The number of carbonyl (C=O) groups is 1. The first-order valence-corrected chi connectivity index (χ1v) is 9.71. The van der Waals surface area contributed by atoms with Gasteiger partial charge in [-0.25, -0.2) is 4.39 Å². The van der Waals surface area contributed by atoms with Crippen molar-refractivity contribution >= 4 is 24.5 Å². The molecular weight excluding hydrogens is 377 g/mol. The van der Waals surface area contributed by atoms with Gasteiger partial charge in [-0.3, -0.25) is 4.79 Å². The van der Waals surface area contributed by atoms with Gasteiger partial charge in [0.2, 0.25) is 6.41 Å². The van der Waals surface area contributed by atoms with Crippen molar-refractivity contribution in [2.45, 2.75) is 30.8 Å². The monoisotopic (exact) mass is 403 g/mol. The third-order valence-corrected chi connectivity index (χ3v) is 6.03. The first kappa shape index (κ1) is 20.6. The minimum atomic E-state index is -0.222. The Morgan fingerprint density at radius 3 is 2.50 bits per heavy atom. The van der Waals surface area contributed by atoms with E-state index in [0.29, 0.717) is 6.54 Å². The van der Waals surface area contributed by atoms with Crippen molar-refractivity contribution in [1.82, 2.24) is 10.2 Å². The maximum atomic E-state index is 13.3. The second kappa shape index (κ2) is 8.93. The molecular formula is C22H27ClFN3O. The molecule has 2 aliphatic heterocycles. The number of nitrogens with zero attached hydrogens (tertiary/aromatic N) is 2. The molecule has 2 saturated heterocycles. The third kappa shape index (κ3) is 4.15. The Morgan fingerprint density at radius 2 is 1.86 bits per heavy atom. The van der Waals surface area contributed by atoms with Gasteiger partial charge >= 0.3 is 0 Å². The van der Waals surface area contributed by atoms with Crippen LogP contribution in [0.2, 0.25) is 0 Å². The number of rotatable bonds is 5. The number of anilines is 1. The molecule has 1 N–H and O–H groups in total. The lowest BCUT2D eigenvalue weighted by molar-refractivity contribution is -0.122. The number of halogens is 2. The summed E-state index contributed by atoms with van der Waals surface area (Å²) in [6, 6.07) is 17.2. The van der Waals surface area contributed by atoms with Gasteiger partial charge in [-0.2, -0.15) is 0 Å². The van der Waals surface area contributed by atoms with E-state index in [1.807, 2.05) is 23.1 Å². The molecule has 4 rings (SSSR count). The van der Waals surface area contributed by atoms with Gasteiger partial charge in [-0.05, 0) is 55.6 Å². The molecule has 0 spiro atoms. The second-order valence-electron chi connectivity index (χ2n) is 7.63. The summed E-state index contributed by atoms with van der Waals surface area (Å²) in [6.07, 6.45) is 4.07. The largest absolute Gasteiger partial charge is 0.368 e. The molecule has 6 heteroatoms. The van der Waals surface area contributed by atoms with E-state index in [4.69, 9.17) is 0 Å².